The number of aromatic nitrogens is 4. The van der Waals surface area contributed by atoms with Gasteiger partial charge in [0, 0.05) is 23.5 Å². The summed E-state index contributed by atoms with van der Waals surface area (Å²) in [6.07, 6.45) is 4.56. The molecule has 0 aliphatic rings. The smallest absolute Gasteiger partial charge is 0.263 e. The van der Waals surface area contributed by atoms with Gasteiger partial charge < -0.3 is 0 Å². The molecule has 0 amide bonds. The number of halogens is 1. The minimum atomic E-state index is -3.81. The van der Waals surface area contributed by atoms with Gasteiger partial charge in [0.05, 0.1) is 4.90 Å². The van der Waals surface area contributed by atoms with Crippen LogP contribution in [0.2, 0.25) is 5.02 Å². The lowest BCUT2D eigenvalue weighted by molar-refractivity contribution is 0.600. The molecule has 1 N–H and O–H groups in total. The Morgan fingerprint density at radius 3 is 2.78 bits per heavy atom. The highest BCUT2D eigenvalue weighted by molar-refractivity contribution is 7.92. The third-order valence-electron chi connectivity index (χ3n) is 3.07. The van der Waals surface area contributed by atoms with Gasteiger partial charge in [-0.3, -0.25) is 4.72 Å². The molecular formula is C14H12ClN5O2S. The van der Waals surface area contributed by atoms with Crippen molar-refractivity contribution >= 4 is 27.4 Å². The van der Waals surface area contributed by atoms with Gasteiger partial charge in [-0.15, -0.1) is 0 Å². The van der Waals surface area contributed by atoms with Crippen molar-refractivity contribution in [2.45, 2.75) is 11.8 Å². The van der Waals surface area contributed by atoms with E-state index in [0.29, 0.717) is 16.4 Å². The number of benzene rings is 1. The molecule has 3 aromatic rings. The third-order valence-corrected chi connectivity index (χ3v) is 4.80. The first-order valence-electron chi connectivity index (χ1n) is 6.57. The van der Waals surface area contributed by atoms with Crippen LogP contribution in [0.4, 0.5) is 5.82 Å². The van der Waals surface area contributed by atoms with Crippen LogP contribution in [0.15, 0.2) is 53.9 Å². The molecular weight excluding hydrogens is 338 g/mol. The van der Waals surface area contributed by atoms with Crippen LogP contribution in [0.3, 0.4) is 0 Å². The van der Waals surface area contributed by atoms with Crippen LogP contribution in [-0.4, -0.2) is 28.2 Å². The lowest BCUT2D eigenvalue weighted by Gasteiger charge is -2.10. The van der Waals surface area contributed by atoms with E-state index in [1.807, 2.05) is 0 Å². The number of hydrogen-bond acceptors (Lipinski definition) is 5. The number of aryl methyl sites for hydroxylation is 1. The van der Waals surface area contributed by atoms with Crippen molar-refractivity contribution in [1.82, 2.24) is 19.7 Å². The predicted octanol–water partition coefficient (Wildman–Crippen LogP) is 2.42. The number of hydrogen-bond donors (Lipinski definition) is 1. The fourth-order valence-electron chi connectivity index (χ4n) is 1.99. The first-order valence-corrected chi connectivity index (χ1v) is 8.43. The van der Waals surface area contributed by atoms with Gasteiger partial charge in [-0.2, -0.15) is 5.10 Å². The summed E-state index contributed by atoms with van der Waals surface area (Å²) in [5.41, 5.74) is 0.586. The van der Waals surface area contributed by atoms with Gasteiger partial charge in [-0.1, -0.05) is 17.7 Å². The van der Waals surface area contributed by atoms with Crippen LogP contribution >= 0.6 is 11.6 Å². The Kier molecular flexibility index (Phi) is 4.01. The molecule has 0 atom stereocenters. The maximum absolute atomic E-state index is 12.5. The minimum absolute atomic E-state index is 0.101. The normalized spacial score (nSPS) is 11.4. The topological polar surface area (TPSA) is 89.8 Å². The van der Waals surface area contributed by atoms with E-state index in [2.05, 4.69) is 19.8 Å². The number of nitrogens with one attached hydrogen (secondary N) is 1. The molecule has 1 aromatic carbocycles. The van der Waals surface area contributed by atoms with Gasteiger partial charge in [0.2, 0.25) is 0 Å². The van der Waals surface area contributed by atoms with Crippen LogP contribution in [0.25, 0.3) is 5.82 Å². The summed E-state index contributed by atoms with van der Waals surface area (Å²) < 4.78 is 29.0. The van der Waals surface area contributed by atoms with E-state index < -0.39 is 10.0 Å². The van der Waals surface area contributed by atoms with Crippen molar-refractivity contribution in [2.75, 3.05) is 4.72 Å². The van der Waals surface area contributed by atoms with Gasteiger partial charge in [0.25, 0.3) is 10.0 Å². The van der Waals surface area contributed by atoms with Gasteiger partial charge in [-0.25, -0.2) is 23.1 Å². The fourth-order valence-corrected chi connectivity index (χ4v) is 3.50. The SMILES string of the molecule is Cc1ccc(Cl)cc1S(=O)(=O)Nc1cc(-n2cccn2)ncn1. The molecule has 0 aliphatic carbocycles. The van der Waals surface area contributed by atoms with Gasteiger partial charge in [-0.05, 0) is 30.7 Å². The monoisotopic (exact) mass is 349 g/mol. The Bertz CT molecular complexity index is 942. The molecule has 23 heavy (non-hydrogen) atoms. The number of nitrogens with zero attached hydrogens (tertiary/aromatic N) is 4. The predicted molar refractivity (Wildman–Crippen MR) is 86.2 cm³/mol. The zero-order chi connectivity index (χ0) is 16.4. The zero-order valence-corrected chi connectivity index (χ0v) is 13.6. The average Bonchev–Trinajstić information content (AvgIpc) is 3.04. The largest absolute Gasteiger partial charge is 0.263 e. The number of rotatable bonds is 4. The van der Waals surface area contributed by atoms with Gasteiger partial charge in [0.15, 0.2) is 5.82 Å². The van der Waals surface area contributed by atoms with Gasteiger partial charge >= 0.3 is 0 Å². The Hall–Kier alpha value is -2.45. The fraction of sp³-hybridized carbons (Fsp3) is 0.0714. The molecule has 9 heteroatoms. The molecule has 0 radical (unpaired) electrons. The summed E-state index contributed by atoms with van der Waals surface area (Å²) in [5, 5.41) is 4.38. The highest BCUT2D eigenvalue weighted by Crippen LogP contribution is 2.22. The Labute approximate surface area is 138 Å². The van der Waals surface area contributed by atoms with Crippen molar-refractivity contribution < 1.29 is 8.42 Å². The molecule has 0 bridgehead atoms. The first-order chi connectivity index (χ1) is 11.0. The second-order valence-electron chi connectivity index (χ2n) is 4.73. The molecule has 0 spiro atoms. The first kappa shape index (κ1) is 15.4. The summed E-state index contributed by atoms with van der Waals surface area (Å²) >= 11 is 5.89. The van der Waals surface area contributed by atoms with Crippen LogP contribution in [0.5, 0.6) is 0 Å². The van der Waals surface area contributed by atoms with Gasteiger partial charge in [0.1, 0.15) is 12.1 Å². The molecule has 0 aliphatic heterocycles. The second-order valence-corrected chi connectivity index (χ2v) is 6.81. The van der Waals surface area contributed by atoms with E-state index >= 15 is 0 Å². The summed E-state index contributed by atoms with van der Waals surface area (Å²) in [6, 6.07) is 7.91. The third kappa shape index (κ3) is 3.33. The second kappa shape index (κ2) is 5.98. The minimum Gasteiger partial charge on any atom is -0.263 e. The summed E-state index contributed by atoms with van der Waals surface area (Å²) in [4.78, 5) is 8.09. The Morgan fingerprint density at radius 1 is 1.22 bits per heavy atom. The number of anilines is 1. The van der Waals surface area contributed by atoms with Crippen molar-refractivity contribution in [3.05, 3.63) is 59.6 Å². The molecule has 0 fully saturated rings. The summed E-state index contributed by atoms with van der Waals surface area (Å²) in [5.74, 6) is 0.593. The van der Waals surface area contributed by atoms with Crippen molar-refractivity contribution in [2.24, 2.45) is 0 Å². The lowest BCUT2D eigenvalue weighted by atomic mass is 10.2. The zero-order valence-electron chi connectivity index (χ0n) is 12.0. The number of sulfonamides is 1. The van der Waals surface area contributed by atoms with Crippen LogP contribution in [0.1, 0.15) is 5.56 Å². The van der Waals surface area contributed by atoms with E-state index in [1.165, 1.54) is 23.1 Å². The standard InChI is InChI=1S/C14H12ClN5O2S/c1-10-3-4-11(15)7-12(10)23(21,22)19-13-8-14(17-9-16-13)20-6-2-5-18-20/h2-9H,1H3,(H,16,17,19). The lowest BCUT2D eigenvalue weighted by Crippen LogP contribution is -2.15. The molecule has 0 unspecified atom stereocenters. The van der Waals surface area contributed by atoms with Crippen molar-refractivity contribution in [3.63, 3.8) is 0 Å². The highest BCUT2D eigenvalue weighted by atomic mass is 35.5. The molecule has 3 rings (SSSR count). The maximum Gasteiger partial charge on any atom is 0.263 e. The quantitative estimate of drug-likeness (QED) is 0.781. The van der Waals surface area contributed by atoms with E-state index in [0.717, 1.165) is 0 Å². The van der Waals surface area contributed by atoms with Crippen molar-refractivity contribution in [3.8, 4) is 5.82 Å². The Balaban J connectivity index is 1.95. The Morgan fingerprint density at radius 2 is 2.04 bits per heavy atom. The van der Waals surface area contributed by atoms with Crippen LogP contribution in [-0.2, 0) is 10.0 Å². The van der Waals surface area contributed by atoms with Crippen molar-refractivity contribution in [1.29, 1.82) is 0 Å². The van der Waals surface area contributed by atoms with Crippen LogP contribution < -0.4 is 4.72 Å². The van der Waals surface area contributed by atoms with E-state index in [1.54, 1.807) is 37.5 Å². The van der Waals surface area contributed by atoms with Crippen LogP contribution in [0, 0.1) is 6.92 Å². The average molecular weight is 350 g/mol. The molecule has 2 heterocycles. The molecule has 2 aromatic heterocycles. The van der Waals surface area contributed by atoms with E-state index in [4.69, 9.17) is 11.6 Å². The molecule has 0 saturated carbocycles. The molecule has 0 saturated heterocycles. The maximum atomic E-state index is 12.5. The highest BCUT2D eigenvalue weighted by Gasteiger charge is 2.18. The molecule has 118 valence electrons. The van der Waals surface area contributed by atoms with E-state index in [9.17, 15) is 8.42 Å². The summed E-state index contributed by atoms with van der Waals surface area (Å²) in [7, 11) is -3.81. The molecule has 7 nitrogen and oxygen atoms in total. The van der Waals surface area contributed by atoms with E-state index in [-0.39, 0.29) is 10.7 Å². The summed E-state index contributed by atoms with van der Waals surface area (Å²) in [6.45, 7) is 1.69.